The minimum absolute atomic E-state index is 0.113. The highest BCUT2D eigenvalue weighted by molar-refractivity contribution is 5.86. The first kappa shape index (κ1) is 18.1. The number of amides is 1. The summed E-state index contributed by atoms with van der Waals surface area (Å²) >= 11 is 0. The predicted octanol–water partition coefficient (Wildman–Crippen LogP) is 3.88. The van der Waals surface area contributed by atoms with Gasteiger partial charge in [0.15, 0.2) is 0 Å². The molecular weight excluding hydrogens is 362 g/mol. The summed E-state index contributed by atoms with van der Waals surface area (Å²) in [7, 11) is 0. The van der Waals surface area contributed by atoms with Crippen LogP contribution in [0, 0.1) is 17.8 Å². The van der Waals surface area contributed by atoms with E-state index >= 15 is 0 Å². The third kappa shape index (κ3) is 3.57. The van der Waals surface area contributed by atoms with Crippen LogP contribution in [0.4, 0.5) is 0 Å². The molecule has 1 N–H and O–H groups in total. The van der Waals surface area contributed by atoms with Gasteiger partial charge in [0.25, 0.3) is 5.56 Å². The van der Waals surface area contributed by atoms with Gasteiger partial charge in [0.05, 0.1) is 11.1 Å². The summed E-state index contributed by atoms with van der Waals surface area (Å²) in [5.41, 5.74) is 4.39. The summed E-state index contributed by atoms with van der Waals surface area (Å²) < 4.78 is 0. The molecule has 1 aromatic heterocycles. The summed E-state index contributed by atoms with van der Waals surface area (Å²) in [6.45, 7) is 0. The zero-order valence-corrected chi connectivity index (χ0v) is 16.4. The number of fused-ring (bicyclic) bond motifs is 3. The van der Waals surface area contributed by atoms with Crippen molar-refractivity contribution in [1.29, 1.82) is 0 Å². The van der Waals surface area contributed by atoms with E-state index in [-0.39, 0.29) is 11.5 Å². The third-order valence-electron chi connectivity index (χ3n) is 6.66. The van der Waals surface area contributed by atoms with Gasteiger partial charge in [-0.05, 0) is 48.6 Å². The van der Waals surface area contributed by atoms with E-state index in [1.165, 1.54) is 19.3 Å². The Morgan fingerprint density at radius 3 is 2.48 bits per heavy atom. The van der Waals surface area contributed by atoms with Gasteiger partial charge in [-0.2, -0.15) is 5.10 Å². The Balaban J connectivity index is 1.43. The quantitative estimate of drug-likeness (QED) is 0.722. The molecule has 2 saturated carbocycles. The largest absolute Gasteiger partial charge is 0.294 e. The van der Waals surface area contributed by atoms with Gasteiger partial charge in [0, 0.05) is 18.2 Å². The Bertz CT molecular complexity index is 1110. The van der Waals surface area contributed by atoms with E-state index in [4.69, 9.17) is 0 Å². The molecule has 29 heavy (non-hydrogen) atoms. The molecule has 148 valence electrons. The van der Waals surface area contributed by atoms with Crippen molar-refractivity contribution >= 4 is 16.7 Å². The molecule has 5 heteroatoms. The predicted molar refractivity (Wildman–Crippen MR) is 113 cm³/mol. The number of carbonyl (C=O) groups is 1. The molecule has 5 nitrogen and oxygen atoms in total. The number of benzene rings is 2. The lowest BCUT2D eigenvalue weighted by Gasteiger charge is -2.21. The monoisotopic (exact) mass is 387 g/mol. The molecule has 1 heterocycles. The van der Waals surface area contributed by atoms with Crippen molar-refractivity contribution in [3.63, 3.8) is 0 Å². The summed E-state index contributed by atoms with van der Waals surface area (Å²) in [5.74, 6) is 1.82. The molecule has 3 atom stereocenters. The Kier molecular flexibility index (Phi) is 4.66. The number of hydrogen-bond donors (Lipinski definition) is 1. The SMILES string of the molecule is O=C(CC1CC2CCC1C2)Nn1nc(Cc2ccccc2)c2ccccc2c1=O. The molecule has 2 aromatic carbocycles. The number of carbonyl (C=O) groups excluding carboxylic acids is 1. The van der Waals surface area contributed by atoms with Gasteiger partial charge < -0.3 is 0 Å². The number of hydrogen-bond acceptors (Lipinski definition) is 3. The first-order valence-electron chi connectivity index (χ1n) is 10.5. The average Bonchev–Trinajstić information content (AvgIpc) is 3.35. The first-order chi connectivity index (χ1) is 14.2. The van der Waals surface area contributed by atoms with Crippen LogP contribution in [-0.4, -0.2) is 15.8 Å². The van der Waals surface area contributed by atoms with Crippen LogP contribution in [-0.2, 0) is 11.2 Å². The Morgan fingerprint density at radius 2 is 1.76 bits per heavy atom. The lowest BCUT2D eigenvalue weighted by atomic mass is 9.86. The van der Waals surface area contributed by atoms with E-state index in [9.17, 15) is 9.59 Å². The average molecular weight is 387 g/mol. The van der Waals surface area contributed by atoms with E-state index in [1.54, 1.807) is 6.07 Å². The highest BCUT2D eigenvalue weighted by Gasteiger charge is 2.40. The van der Waals surface area contributed by atoms with Crippen LogP contribution in [0.1, 0.15) is 43.4 Å². The second-order valence-corrected chi connectivity index (χ2v) is 8.55. The number of rotatable bonds is 5. The Labute approximate surface area is 169 Å². The van der Waals surface area contributed by atoms with Crippen molar-refractivity contribution in [3.05, 3.63) is 76.2 Å². The van der Waals surface area contributed by atoms with Gasteiger partial charge in [-0.3, -0.25) is 9.59 Å². The molecule has 5 rings (SSSR count). The Morgan fingerprint density at radius 1 is 1.00 bits per heavy atom. The fraction of sp³-hybridized carbons (Fsp3) is 0.375. The minimum atomic E-state index is -0.279. The standard InChI is InChI=1S/C24H25N3O2/c28-23(15-19-13-17-10-11-18(19)12-17)26-27-24(29)21-9-5-4-8-20(21)22(25-27)14-16-6-2-1-3-7-16/h1-9,17-19H,10-15H2,(H,26,28). The van der Waals surface area contributed by atoms with Gasteiger partial charge in [-0.25, -0.2) is 5.43 Å². The van der Waals surface area contributed by atoms with Crippen molar-refractivity contribution in [2.75, 3.05) is 5.43 Å². The number of nitrogens with zero attached hydrogens (tertiary/aromatic N) is 2. The minimum Gasteiger partial charge on any atom is -0.273 e. The van der Waals surface area contributed by atoms with Crippen molar-refractivity contribution < 1.29 is 4.79 Å². The molecule has 0 saturated heterocycles. The third-order valence-corrected chi connectivity index (χ3v) is 6.66. The molecule has 1 amide bonds. The van der Waals surface area contributed by atoms with Gasteiger partial charge in [-0.1, -0.05) is 55.0 Å². The normalized spacial score (nSPS) is 22.8. The van der Waals surface area contributed by atoms with Gasteiger partial charge >= 0.3 is 0 Å². The fourth-order valence-corrected chi connectivity index (χ4v) is 5.28. The molecule has 2 bridgehead atoms. The van der Waals surface area contributed by atoms with Crippen molar-refractivity contribution in [2.45, 2.75) is 38.5 Å². The summed E-state index contributed by atoms with van der Waals surface area (Å²) in [5, 5.41) is 5.94. The summed E-state index contributed by atoms with van der Waals surface area (Å²) in [6, 6.07) is 17.5. The lowest BCUT2D eigenvalue weighted by molar-refractivity contribution is -0.118. The van der Waals surface area contributed by atoms with E-state index in [0.29, 0.717) is 30.1 Å². The zero-order valence-electron chi connectivity index (χ0n) is 16.4. The van der Waals surface area contributed by atoms with E-state index in [2.05, 4.69) is 10.5 Å². The molecular formula is C24H25N3O2. The van der Waals surface area contributed by atoms with E-state index < -0.39 is 0 Å². The fourth-order valence-electron chi connectivity index (χ4n) is 5.28. The lowest BCUT2D eigenvalue weighted by Crippen LogP contribution is -2.37. The highest BCUT2D eigenvalue weighted by Crippen LogP contribution is 2.49. The molecule has 2 aliphatic carbocycles. The number of aromatic nitrogens is 2. The summed E-state index contributed by atoms with van der Waals surface area (Å²) in [4.78, 5) is 26.8. The molecule has 0 spiro atoms. The molecule has 2 aliphatic rings. The van der Waals surface area contributed by atoms with Crippen LogP contribution in [0.25, 0.3) is 10.8 Å². The van der Waals surface area contributed by atoms with Crippen molar-refractivity contribution in [3.8, 4) is 0 Å². The zero-order chi connectivity index (χ0) is 19.8. The highest BCUT2D eigenvalue weighted by atomic mass is 16.2. The Hall–Kier alpha value is -2.95. The smallest absolute Gasteiger partial charge is 0.273 e. The maximum atomic E-state index is 12.9. The summed E-state index contributed by atoms with van der Waals surface area (Å²) in [6.07, 6.45) is 6.07. The molecule has 2 fully saturated rings. The van der Waals surface area contributed by atoms with Gasteiger partial charge in [0.1, 0.15) is 0 Å². The van der Waals surface area contributed by atoms with Crippen LogP contribution >= 0.6 is 0 Å². The first-order valence-corrected chi connectivity index (χ1v) is 10.5. The maximum absolute atomic E-state index is 12.9. The van der Waals surface area contributed by atoms with Crippen LogP contribution in [0.15, 0.2) is 59.4 Å². The topological polar surface area (TPSA) is 64.0 Å². The van der Waals surface area contributed by atoms with Crippen LogP contribution in [0.5, 0.6) is 0 Å². The maximum Gasteiger partial charge on any atom is 0.294 e. The second kappa shape index (κ2) is 7.47. The molecule has 3 unspecified atom stereocenters. The van der Waals surface area contributed by atoms with Gasteiger partial charge in [0.2, 0.25) is 5.91 Å². The second-order valence-electron chi connectivity index (χ2n) is 8.55. The number of nitrogens with one attached hydrogen (secondary N) is 1. The van der Waals surface area contributed by atoms with E-state index in [0.717, 1.165) is 33.8 Å². The molecule has 3 aromatic rings. The van der Waals surface area contributed by atoms with Crippen LogP contribution in [0.3, 0.4) is 0 Å². The van der Waals surface area contributed by atoms with Crippen LogP contribution in [0.2, 0.25) is 0 Å². The van der Waals surface area contributed by atoms with Crippen LogP contribution < -0.4 is 11.0 Å². The molecule has 0 radical (unpaired) electrons. The van der Waals surface area contributed by atoms with Gasteiger partial charge in [-0.15, -0.1) is 4.79 Å². The van der Waals surface area contributed by atoms with Crippen molar-refractivity contribution in [1.82, 2.24) is 9.89 Å². The molecule has 0 aliphatic heterocycles. The van der Waals surface area contributed by atoms with E-state index in [1.807, 2.05) is 48.5 Å². The van der Waals surface area contributed by atoms with Crippen molar-refractivity contribution in [2.24, 2.45) is 17.8 Å².